The van der Waals surface area contributed by atoms with E-state index in [-0.39, 0.29) is 0 Å². The monoisotopic (exact) mass is 878 g/mol. The molecule has 0 fully saturated rings. The molecule has 0 aromatic rings. The zero-order valence-electron chi connectivity index (χ0n) is 23.9. The van der Waals surface area contributed by atoms with Crippen molar-refractivity contribution >= 4 is 12.2 Å². The lowest BCUT2D eigenvalue weighted by atomic mass is 9.88. The summed E-state index contributed by atoms with van der Waals surface area (Å²) in [6.45, 7) is -3.53. The van der Waals surface area contributed by atoms with Crippen LogP contribution >= 0.6 is 0 Å². The maximum absolute atomic E-state index is 13.3. The number of rotatable bonds is 16. The summed E-state index contributed by atoms with van der Waals surface area (Å²) in [5.74, 6) is -93.6. The third-order valence-corrected chi connectivity index (χ3v) is 5.99. The van der Waals surface area contributed by atoms with Gasteiger partial charge in [0, 0.05) is 12.8 Å². The molecule has 4 nitrogen and oxygen atoms in total. The molecular weight excluding hydrogens is 870 g/mol. The van der Waals surface area contributed by atoms with Crippen LogP contribution in [0.5, 0.6) is 0 Å². The Kier molecular flexibility index (Phi) is 14.6. The van der Waals surface area contributed by atoms with E-state index in [1.807, 2.05) is 0 Å². The molecule has 0 saturated heterocycles. The second kappa shape index (κ2) is 15.0. The summed E-state index contributed by atoms with van der Waals surface area (Å²) in [5.41, 5.74) is 0. The molecule has 0 amide bonds. The molecule has 0 rings (SSSR count). The average molecular weight is 878 g/mol. The van der Waals surface area contributed by atoms with Crippen LogP contribution in [0.3, 0.4) is 0 Å². The molecule has 0 spiro atoms. The quantitative estimate of drug-likeness (QED) is 0.0881. The van der Waals surface area contributed by atoms with Crippen LogP contribution in [0.4, 0.5) is 132 Å². The predicted octanol–water partition coefficient (Wildman–Crippen LogP) is 10.2. The zero-order valence-corrected chi connectivity index (χ0v) is 23.9. The summed E-state index contributed by atoms with van der Waals surface area (Å²) in [4.78, 5) is 23.4. The number of hydrogen-bond donors (Lipinski definition) is 0. The van der Waals surface area contributed by atoms with Crippen molar-refractivity contribution in [2.75, 3.05) is 13.1 Å². The van der Waals surface area contributed by atoms with Gasteiger partial charge in [-0.25, -0.2) is 19.6 Å². The lowest BCUT2D eigenvalue weighted by Crippen LogP contribution is -2.74. The number of isocyanates is 2. The van der Waals surface area contributed by atoms with E-state index in [2.05, 4.69) is 9.98 Å². The molecule has 0 unspecified atom stereocenters. The van der Waals surface area contributed by atoms with Gasteiger partial charge in [-0.3, -0.25) is 0 Å². The van der Waals surface area contributed by atoms with Gasteiger partial charge in [-0.05, 0) is 0 Å². The number of aliphatic imine (C=N–C) groups is 2. The van der Waals surface area contributed by atoms with E-state index in [4.69, 9.17) is 0 Å². The smallest absolute Gasteiger partial charge is 0.211 e. The summed E-state index contributed by atoms with van der Waals surface area (Å²) in [5, 5.41) is 0. The lowest BCUT2D eigenvalue weighted by molar-refractivity contribution is -0.461. The SMILES string of the molecule is O=C=NCCC(F)(F)C(F)(F)C(F)(F)C(F)(F)C(F)(F)C(F)(F)C(F)(F)C(F)(F)F.O=C=NCCC(F)(F)C(F)(F)C(F)(F)C(F)(F)C(F)(F)C(F)(F)F. The molecule has 0 aliphatic rings. The topological polar surface area (TPSA) is 58.9 Å². The van der Waals surface area contributed by atoms with Crippen molar-refractivity contribution in [1.29, 1.82) is 0 Å². The van der Waals surface area contributed by atoms with Crippen molar-refractivity contribution < 1.29 is 141 Å². The molecular formula is C20H8F30N2O2. The Bertz CT molecular complexity index is 1380. The molecule has 0 aromatic carbocycles. The van der Waals surface area contributed by atoms with E-state index < -0.39 is 109 Å². The fourth-order valence-corrected chi connectivity index (χ4v) is 2.80. The summed E-state index contributed by atoms with van der Waals surface area (Å²) in [6, 6.07) is 0. The van der Waals surface area contributed by atoms with Gasteiger partial charge in [-0.1, -0.05) is 0 Å². The number of hydrogen-bond acceptors (Lipinski definition) is 4. The Labute approximate surface area is 274 Å². The number of alkyl halides is 30. The molecule has 54 heavy (non-hydrogen) atoms. The molecule has 0 bridgehead atoms. The zero-order chi connectivity index (χ0) is 44.7. The van der Waals surface area contributed by atoms with Crippen molar-refractivity contribution in [2.24, 2.45) is 9.98 Å². The predicted molar refractivity (Wildman–Crippen MR) is 107 cm³/mol. The maximum Gasteiger partial charge on any atom is 0.460 e. The van der Waals surface area contributed by atoms with E-state index in [0.717, 1.165) is 0 Å². The van der Waals surface area contributed by atoms with Crippen LogP contribution in [0, 0.1) is 0 Å². The minimum Gasteiger partial charge on any atom is -0.211 e. The van der Waals surface area contributed by atoms with Gasteiger partial charge in [0.1, 0.15) is 0 Å². The van der Waals surface area contributed by atoms with Crippen LogP contribution in [0.25, 0.3) is 0 Å². The second-order valence-electron chi connectivity index (χ2n) is 9.59. The lowest BCUT2D eigenvalue weighted by Gasteiger charge is -2.42. The second-order valence-corrected chi connectivity index (χ2v) is 9.59. The van der Waals surface area contributed by atoms with E-state index in [1.54, 1.807) is 0 Å². The first-order valence-electron chi connectivity index (χ1n) is 11.9. The summed E-state index contributed by atoms with van der Waals surface area (Å²) in [7, 11) is 0. The van der Waals surface area contributed by atoms with Crippen LogP contribution < -0.4 is 0 Å². The largest absolute Gasteiger partial charge is 0.460 e. The maximum atomic E-state index is 13.3. The molecule has 0 radical (unpaired) electrons. The van der Waals surface area contributed by atoms with Gasteiger partial charge >= 0.3 is 83.4 Å². The van der Waals surface area contributed by atoms with Crippen molar-refractivity contribution in [3.05, 3.63) is 0 Å². The molecule has 0 heterocycles. The van der Waals surface area contributed by atoms with Gasteiger partial charge in [0.05, 0.1) is 13.1 Å². The van der Waals surface area contributed by atoms with Crippen molar-refractivity contribution in [3.8, 4) is 0 Å². The molecule has 34 heteroatoms. The summed E-state index contributed by atoms with van der Waals surface area (Å²) >= 11 is 0. The fourth-order valence-electron chi connectivity index (χ4n) is 2.80. The van der Waals surface area contributed by atoms with Crippen molar-refractivity contribution in [2.45, 2.75) is 96.3 Å². The van der Waals surface area contributed by atoms with Gasteiger partial charge < -0.3 is 0 Å². The minimum atomic E-state index is -8.65. The Morgan fingerprint density at radius 1 is 0.278 bits per heavy atom. The molecule has 0 aliphatic heterocycles. The number of halogens is 30. The standard InChI is InChI=1S/C11H4F17NO.C9H4F13NO/c12-4(13,1-2-29-3-30)5(14,15)6(16,17)7(18,19)8(20,21)9(22,23)10(24,25)11(26,27)28;10-4(11,1-2-23-3-24)5(12,13)6(14,15)7(16,17)8(18,19)9(20,21)22/h1-2H2;1-2H2. The Hall–Kier alpha value is -3.34. The third-order valence-electron chi connectivity index (χ3n) is 5.99. The highest BCUT2D eigenvalue weighted by molar-refractivity contribution is 5.33. The highest BCUT2D eigenvalue weighted by Gasteiger charge is 2.95. The van der Waals surface area contributed by atoms with Crippen LogP contribution in [0.15, 0.2) is 9.98 Å². The average Bonchev–Trinajstić information content (AvgIpc) is 2.95. The van der Waals surface area contributed by atoms with Crippen LogP contribution in [-0.4, -0.2) is 109 Å². The van der Waals surface area contributed by atoms with Gasteiger partial charge in [-0.2, -0.15) is 132 Å². The van der Waals surface area contributed by atoms with Gasteiger partial charge in [-0.15, -0.1) is 0 Å². The van der Waals surface area contributed by atoms with Crippen molar-refractivity contribution in [3.63, 3.8) is 0 Å². The van der Waals surface area contributed by atoms with E-state index in [9.17, 15) is 141 Å². The molecule has 0 atom stereocenters. The van der Waals surface area contributed by atoms with Crippen molar-refractivity contribution in [1.82, 2.24) is 0 Å². The molecule has 0 aliphatic carbocycles. The van der Waals surface area contributed by atoms with Crippen LogP contribution in [-0.2, 0) is 9.59 Å². The van der Waals surface area contributed by atoms with E-state index in [0.29, 0.717) is 12.2 Å². The summed E-state index contributed by atoms with van der Waals surface area (Å²) < 4.78 is 382. The first-order chi connectivity index (χ1) is 23.1. The van der Waals surface area contributed by atoms with Gasteiger partial charge in [0.2, 0.25) is 12.2 Å². The number of carbonyl (C=O) groups excluding carboxylic acids is 2. The fraction of sp³-hybridized carbons (Fsp3) is 0.900. The Morgan fingerprint density at radius 2 is 0.444 bits per heavy atom. The highest BCUT2D eigenvalue weighted by atomic mass is 19.4. The Balaban J connectivity index is 0. The number of nitrogens with zero attached hydrogens (tertiary/aromatic N) is 2. The molecule has 0 saturated carbocycles. The molecule has 0 aromatic heterocycles. The van der Waals surface area contributed by atoms with E-state index in [1.165, 1.54) is 0 Å². The first kappa shape index (κ1) is 52.8. The molecule has 0 N–H and O–H groups in total. The third kappa shape index (κ3) is 8.12. The Morgan fingerprint density at radius 3 is 0.611 bits per heavy atom. The van der Waals surface area contributed by atoms with E-state index >= 15 is 0 Å². The highest BCUT2D eigenvalue weighted by Crippen LogP contribution is 2.65. The minimum absolute atomic E-state index is 0.388. The van der Waals surface area contributed by atoms with Crippen LogP contribution in [0.2, 0.25) is 0 Å². The van der Waals surface area contributed by atoms with Crippen LogP contribution in [0.1, 0.15) is 12.8 Å². The normalized spacial score (nSPS) is 15.5. The first-order valence-corrected chi connectivity index (χ1v) is 11.9. The molecule has 320 valence electrons. The van der Waals surface area contributed by atoms with Gasteiger partial charge in [0.15, 0.2) is 0 Å². The summed E-state index contributed by atoms with van der Waals surface area (Å²) in [6.07, 6.45) is -19.6. The van der Waals surface area contributed by atoms with Gasteiger partial charge in [0.25, 0.3) is 0 Å².